The molecule has 0 aromatic heterocycles. The van der Waals surface area contributed by atoms with Gasteiger partial charge in [0.05, 0.1) is 5.69 Å². The molecule has 0 radical (unpaired) electrons. The lowest BCUT2D eigenvalue weighted by Gasteiger charge is -2.26. The van der Waals surface area contributed by atoms with Gasteiger partial charge >= 0.3 is 0 Å². The predicted octanol–water partition coefficient (Wildman–Crippen LogP) is 2.31. The van der Waals surface area contributed by atoms with E-state index in [-0.39, 0.29) is 12.5 Å². The number of nitrogens with two attached hydrogens (primary N) is 1. The number of benzene rings is 1. The Morgan fingerprint density at radius 2 is 2.06 bits per heavy atom. The van der Waals surface area contributed by atoms with E-state index in [1.165, 1.54) is 6.42 Å². The van der Waals surface area contributed by atoms with E-state index in [9.17, 15) is 4.79 Å². The summed E-state index contributed by atoms with van der Waals surface area (Å²) in [7, 11) is 0. The summed E-state index contributed by atoms with van der Waals surface area (Å²) < 4.78 is 5.43. The SMILES string of the molecule is Nc1ccc(Cl)cc1OCC(=O)N1CCCCC1. The quantitative estimate of drug-likeness (QED) is 0.856. The van der Waals surface area contributed by atoms with Crippen molar-refractivity contribution in [1.82, 2.24) is 4.90 Å². The predicted molar refractivity (Wildman–Crippen MR) is 71.8 cm³/mol. The third-order valence-corrected chi connectivity index (χ3v) is 3.27. The van der Waals surface area contributed by atoms with Crippen molar-refractivity contribution in [3.63, 3.8) is 0 Å². The Balaban J connectivity index is 1.90. The summed E-state index contributed by atoms with van der Waals surface area (Å²) >= 11 is 5.85. The zero-order chi connectivity index (χ0) is 13.0. The molecule has 1 aliphatic rings. The molecule has 1 fully saturated rings. The molecule has 0 bridgehead atoms. The summed E-state index contributed by atoms with van der Waals surface area (Å²) in [5, 5.41) is 0.546. The minimum Gasteiger partial charge on any atom is -0.482 e. The van der Waals surface area contributed by atoms with E-state index in [2.05, 4.69) is 0 Å². The lowest BCUT2D eigenvalue weighted by atomic mass is 10.1. The second-order valence-electron chi connectivity index (χ2n) is 4.41. The first-order valence-corrected chi connectivity index (χ1v) is 6.50. The van der Waals surface area contributed by atoms with Gasteiger partial charge in [-0.1, -0.05) is 11.6 Å². The van der Waals surface area contributed by atoms with E-state index in [1.807, 2.05) is 4.90 Å². The van der Waals surface area contributed by atoms with Crippen LogP contribution < -0.4 is 10.5 Å². The van der Waals surface area contributed by atoms with Crippen LogP contribution >= 0.6 is 11.6 Å². The molecule has 1 aromatic carbocycles. The van der Waals surface area contributed by atoms with Gasteiger partial charge in [-0.05, 0) is 31.4 Å². The number of ether oxygens (including phenoxy) is 1. The van der Waals surface area contributed by atoms with Gasteiger partial charge in [-0.15, -0.1) is 0 Å². The number of anilines is 1. The molecular weight excluding hydrogens is 252 g/mol. The van der Waals surface area contributed by atoms with Crippen LogP contribution in [0.25, 0.3) is 0 Å². The summed E-state index contributed by atoms with van der Waals surface area (Å²) in [4.78, 5) is 13.7. The number of carbonyl (C=O) groups excluding carboxylic acids is 1. The Kier molecular flexibility index (Phi) is 4.31. The van der Waals surface area contributed by atoms with E-state index in [1.54, 1.807) is 18.2 Å². The van der Waals surface area contributed by atoms with Crippen LogP contribution in [0.2, 0.25) is 5.02 Å². The van der Waals surface area contributed by atoms with Crippen molar-refractivity contribution in [1.29, 1.82) is 0 Å². The molecular formula is C13H17ClN2O2. The van der Waals surface area contributed by atoms with Crippen molar-refractivity contribution >= 4 is 23.2 Å². The fraction of sp³-hybridized carbons (Fsp3) is 0.462. The highest BCUT2D eigenvalue weighted by Crippen LogP contribution is 2.25. The molecule has 4 nitrogen and oxygen atoms in total. The Labute approximate surface area is 112 Å². The zero-order valence-corrected chi connectivity index (χ0v) is 10.9. The van der Waals surface area contributed by atoms with Crippen molar-refractivity contribution in [2.75, 3.05) is 25.4 Å². The van der Waals surface area contributed by atoms with Crippen LogP contribution in [0.1, 0.15) is 19.3 Å². The first-order chi connectivity index (χ1) is 8.66. The van der Waals surface area contributed by atoms with Crippen LogP contribution in [0.15, 0.2) is 18.2 Å². The highest BCUT2D eigenvalue weighted by atomic mass is 35.5. The van der Waals surface area contributed by atoms with Crippen molar-refractivity contribution in [3.8, 4) is 5.75 Å². The fourth-order valence-corrected chi connectivity index (χ4v) is 2.17. The van der Waals surface area contributed by atoms with Gasteiger partial charge in [-0.3, -0.25) is 4.79 Å². The Hall–Kier alpha value is -1.42. The maximum atomic E-state index is 11.9. The number of carbonyl (C=O) groups is 1. The molecule has 1 heterocycles. The molecule has 0 unspecified atom stereocenters. The Morgan fingerprint density at radius 3 is 2.78 bits per heavy atom. The normalized spacial score (nSPS) is 15.5. The molecule has 0 atom stereocenters. The summed E-state index contributed by atoms with van der Waals surface area (Å²) in [5.41, 5.74) is 6.24. The lowest BCUT2D eigenvalue weighted by Crippen LogP contribution is -2.38. The highest BCUT2D eigenvalue weighted by molar-refractivity contribution is 6.30. The molecule has 98 valence electrons. The molecule has 1 aromatic rings. The molecule has 0 aliphatic carbocycles. The summed E-state index contributed by atoms with van der Waals surface area (Å²) in [6, 6.07) is 4.99. The minimum absolute atomic E-state index is 0.00840. The van der Waals surface area contributed by atoms with Gasteiger partial charge in [0.1, 0.15) is 5.75 Å². The van der Waals surface area contributed by atoms with Crippen molar-refractivity contribution in [2.45, 2.75) is 19.3 Å². The monoisotopic (exact) mass is 268 g/mol. The smallest absolute Gasteiger partial charge is 0.260 e. The van der Waals surface area contributed by atoms with Gasteiger partial charge in [-0.2, -0.15) is 0 Å². The molecule has 2 rings (SSSR count). The number of likely N-dealkylation sites (tertiary alicyclic amines) is 1. The molecule has 18 heavy (non-hydrogen) atoms. The van der Waals surface area contributed by atoms with E-state index in [0.29, 0.717) is 16.5 Å². The number of rotatable bonds is 3. The number of piperidine rings is 1. The van der Waals surface area contributed by atoms with Gasteiger partial charge in [0, 0.05) is 24.2 Å². The van der Waals surface area contributed by atoms with Gasteiger partial charge in [0.15, 0.2) is 6.61 Å². The molecule has 0 spiro atoms. The Bertz CT molecular complexity index is 431. The maximum absolute atomic E-state index is 11.9. The van der Waals surface area contributed by atoms with Gasteiger partial charge in [0.25, 0.3) is 5.91 Å². The van der Waals surface area contributed by atoms with Crippen molar-refractivity contribution in [3.05, 3.63) is 23.2 Å². The van der Waals surface area contributed by atoms with Gasteiger partial charge in [-0.25, -0.2) is 0 Å². The third-order valence-electron chi connectivity index (χ3n) is 3.04. The fourth-order valence-electron chi connectivity index (χ4n) is 2.01. The minimum atomic E-state index is 0.00840. The lowest BCUT2D eigenvalue weighted by molar-refractivity contribution is -0.134. The van der Waals surface area contributed by atoms with Gasteiger partial charge in [0.2, 0.25) is 0 Å². The average Bonchev–Trinajstić information content (AvgIpc) is 2.40. The molecule has 1 aliphatic heterocycles. The van der Waals surface area contributed by atoms with E-state index in [4.69, 9.17) is 22.1 Å². The Morgan fingerprint density at radius 1 is 1.33 bits per heavy atom. The molecule has 0 saturated carbocycles. The van der Waals surface area contributed by atoms with Crippen LogP contribution in [-0.4, -0.2) is 30.5 Å². The van der Waals surface area contributed by atoms with Crippen LogP contribution in [0.3, 0.4) is 0 Å². The van der Waals surface area contributed by atoms with Crippen molar-refractivity contribution < 1.29 is 9.53 Å². The number of halogens is 1. The zero-order valence-electron chi connectivity index (χ0n) is 10.2. The van der Waals surface area contributed by atoms with Crippen LogP contribution in [0.5, 0.6) is 5.75 Å². The number of nitrogen functional groups attached to an aromatic ring is 1. The van der Waals surface area contributed by atoms with Crippen LogP contribution in [-0.2, 0) is 4.79 Å². The first-order valence-electron chi connectivity index (χ1n) is 6.12. The second-order valence-corrected chi connectivity index (χ2v) is 4.85. The first kappa shape index (κ1) is 13.0. The number of hydrogen-bond acceptors (Lipinski definition) is 3. The summed E-state index contributed by atoms with van der Waals surface area (Å²) in [6.07, 6.45) is 3.35. The van der Waals surface area contributed by atoms with E-state index >= 15 is 0 Å². The van der Waals surface area contributed by atoms with E-state index in [0.717, 1.165) is 25.9 Å². The van der Waals surface area contributed by atoms with Crippen LogP contribution in [0.4, 0.5) is 5.69 Å². The average molecular weight is 269 g/mol. The maximum Gasteiger partial charge on any atom is 0.260 e. The largest absolute Gasteiger partial charge is 0.482 e. The topological polar surface area (TPSA) is 55.6 Å². The second kappa shape index (κ2) is 5.96. The number of nitrogens with zero attached hydrogens (tertiary/aromatic N) is 1. The molecule has 2 N–H and O–H groups in total. The standard InChI is InChI=1S/C13H17ClN2O2/c14-10-4-5-11(15)12(8-10)18-9-13(17)16-6-2-1-3-7-16/h4-5,8H,1-3,6-7,9,15H2. The summed E-state index contributed by atoms with van der Waals surface area (Å²) in [6.45, 7) is 1.67. The molecule has 5 heteroatoms. The van der Waals surface area contributed by atoms with E-state index < -0.39 is 0 Å². The third kappa shape index (κ3) is 3.29. The molecule has 1 saturated heterocycles. The number of amides is 1. The van der Waals surface area contributed by atoms with Gasteiger partial charge < -0.3 is 15.4 Å². The van der Waals surface area contributed by atoms with Crippen molar-refractivity contribution in [2.24, 2.45) is 0 Å². The summed E-state index contributed by atoms with van der Waals surface area (Å²) in [5.74, 6) is 0.474. The number of hydrogen-bond donors (Lipinski definition) is 1. The van der Waals surface area contributed by atoms with Crippen LogP contribution in [0, 0.1) is 0 Å². The highest BCUT2D eigenvalue weighted by Gasteiger charge is 2.17. The molecule has 1 amide bonds.